The number of piperazine rings is 2. The van der Waals surface area contributed by atoms with Gasteiger partial charge >= 0.3 is 5.97 Å². The summed E-state index contributed by atoms with van der Waals surface area (Å²) >= 11 is 0. The zero-order chi connectivity index (χ0) is 29.3. The number of fused-ring (bicyclic) bond motifs is 1. The molecular weight excluding hydrogens is 524 g/mol. The SMILES string of the molecule is CC(=O)OCC(=O)N1CCN(C(=O)c2nn(CC(=O)N3CCN(c4cccc(C)c4C)CC3)c3c2CCC3)CC1C. The molecule has 2 aromatic rings. The molecule has 0 spiro atoms. The zero-order valence-corrected chi connectivity index (χ0v) is 24.5. The second-order valence-corrected chi connectivity index (χ2v) is 11.3. The Morgan fingerprint density at radius 1 is 0.951 bits per heavy atom. The average molecular weight is 565 g/mol. The number of carbonyl (C=O) groups excluding carboxylic acids is 4. The largest absolute Gasteiger partial charge is 0.456 e. The third-order valence-corrected chi connectivity index (χ3v) is 8.68. The van der Waals surface area contributed by atoms with E-state index in [-0.39, 0.29) is 36.9 Å². The standard InChI is InChI=1S/C30H40N6O5/c1-20-7-5-9-25(22(20)3)32-11-13-33(14-12-32)27(38)18-36-26-10-6-8-24(26)29(31-36)30(40)34-15-16-35(21(2)17-34)28(39)19-41-23(4)37/h5,7,9,21H,6,8,10-19H2,1-4H3. The molecule has 2 fully saturated rings. The first kappa shape index (κ1) is 28.6. The smallest absolute Gasteiger partial charge is 0.303 e. The van der Waals surface area contributed by atoms with Gasteiger partial charge in [0.25, 0.3) is 11.8 Å². The van der Waals surface area contributed by atoms with Crippen LogP contribution < -0.4 is 4.90 Å². The number of amides is 3. The molecule has 41 heavy (non-hydrogen) atoms. The van der Waals surface area contributed by atoms with E-state index in [4.69, 9.17) is 4.74 Å². The molecule has 1 aliphatic carbocycles. The molecule has 0 radical (unpaired) electrons. The van der Waals surface area contributed by atoms with Crippen molar-refractivity contribution in [3.63, 3.8) is 0 Å². The summed E-state index contributed by atoms with van der Waals surface area (Å²) in [5.74, 6) is -0.897. The number of esters is 1. The second-order valence-electron chi connectivity index (χ2n) is 11.3. The third kappa shape index (κ3) is 5.94. The Kier molecular flexibility index (Phi) is 8.32. The molecule has 11 heteroatoms. The molecule has 1 aromatic carbocycles. The van der Waals surface area contributed by atoms with Crippen molar-refractivity contribution < 1.29 is 23.9 Å². The van der Waals surface area contributed by atoms with Crippen molar-refractivity contribution in [1.82, 2.24) is 24.5 Å². The Bertz CT molecular complexity index is 1350. The first-order chi connectivity index (χ1) is 19.6. The molecule has 3 amide bonds. The van der Waals surface area contributed by atoms with Crippen molar-refractivity contribution in [2.24, 2.45) is 0 Å². The topological polar surface area (TPSA) is 108 Å². The number of aryl methyl sites for hydroxylation is 1. The first-order valence-corrected chi connectivity index (χ1v) is 14.5. The first-order valence-electron chi connectivity index (χ1n) is 14.5. The van der Waals surface area contributed by atoms with Gasteiger partial charge < -0.3 is 24.3 Å². The zero-order valence-electron chi connectivity index (χ0n) is 24.5. The molecule has 0 N–H and O–H groups in total. The minimum Gasteiger partial charge on any atom is -0.456 e. The molecule has 3 aliphatic rings. The fraction of sp³-hybridized carbons (Fsp3) is 0.567. The van der Waals surface area contributed by atoms with Crippen molar-refractivity contribution in [1.29, 1.82) is 0 Å². The van der Waals surface area contributed by atoms with Crippen molar-refractivity contribution in [2.45, 2.75) is 59.5 Å². The van der Waals surface area contributed by atoms with Crippen LogP contribution in [0.25, 0.3) is 0 Å². The lowest BCUT2D eigenvalue weighted by Gasteiger charge is -2.39. The minimum absolute atomic E-state index is 0.0235. The van der Waals surface area contributed by atoms with Crippen LogP contribution in [-0.4, -0.2) is 107 Å². The Labute approximate surface area is 241 Å². The molecule has 3 heterocycles. The number of nitrogens with zero attached hydrogens (tertiary/aromatic N) is 6. The molecule has 220 valence electrons. The predicted octanol–water partition coefficient (Wildman–Crippen LogP) is 1.57. The number of rotatable bonds is 6. The lowest BCUT2D eigenvalue weighted by Crippen LogP contribution is -2.56. The highest BCUT2D eigenvalue weighted by atomic mass is 16.5. The Morgan fingerprint density at radius 3 is 2.39 bits per heavy atom. The highest BCUT2D eigenvalue weighted by Crippen LogP contribution is 2.28. The third-order valence-electron chi connectivity index (χ3n) is 8.68. The molecule has 2 saturated heterocycles. The Balaban J connectivity index is 1.21. The average Bonchev–Trinajstić information content (AvgIpc) is 3.57. The van der Waals surface area contributed by atoms with Crippen LogP contribution in [0.4, 0.5) is 5.69 Å². The van der Waals surface area contributed by atoms with Crippen molar-refractivity contribution in [3.05, 3.63) is 46.3 Å². The molecular formula is C30H40N6O5. The van der Waals surface area contributed by atoms with Crippen molar-refractivity contribution >= 4 is 29.4 Å². The number of anilines is 1. The normalized spacial score (nSPS) is 18.9. The maximum absolute atomic E-state index is 13.6. The fourth-order valence-electron chi connectivity index (χ4n) is 6.22. The van der Waals surface area contributed by atoms with Crippen LogP contribution in [0.2, 0.25) is 0 Å². The van der Waals surface area contributed by atoms with Crippen LogP contribution in [0.1, 0.15) is 53.1 Å². The summed E-state index contributed by atoms with van der Waals surface area (Å²) in [5.41, 5.74) is 6.14. The molecule has 1 unspecified atom stereocenters. The lowest BCUT2D eigenvalue weighted by atomic mass is 10.1. The summed E-state index contributed by atoms with van der Waals surface area (Å²) < 4.78 is 6.60. The number of ether oxygens (including phenoxy) is 1. The quantitative estimate of drug-likeness (QED) is 0.490. The summed E-state index contributed by atoms with van der Waals surface area (Å²) in [6.45, 7) is 11.2. The van der Waals surface area contributed by atoms with E-state index in [0.717, 1.165) is 43.6 Å². The number of aromatic nitrogens is 2. The van der Waals surface area contributed by atoms with Gasteiger partial charge in [0, 0.05) is 75.7 Å². The van der Waals surface area contributed by atoms with E-state index in [9.17, 15) is 19.2 Å². The highest BCUT2D eigenvalue weighted by Gasteiger charge is 2.35. The van der Waals surface area contributed by atoms with Crippen LogP contribution in [0.15, 0.2) is 18.2 Å². The maximum atomic E-state index is 13.6. The lowest BCUT2D eigenvalue weighted by molar-refractivity contribution is -0.152. The molecule has 11 nitrogen and oxygen atoms in total. The summed E-state index contributed by atoms with van der Waals surface area (Å²) in [5, 5.41) is 4.68. The van der Waals surface area contributed by atoms with Gasteiger partial charge in [0.2, 0.25) is 5.91 Å². The van der Waals surface area contributed by atoms with Gasteiger partial charge in [-0.1, -0.05) is 12.1 Å². The number of hydrogen-bond donors (Lipinski definition) is 0. The molecule has 5 rings (SSSR count). The van der Waals surface area contributed by atoms with Gasteiger partial charge in [-0.15, -0.1) is 0 Å². The van der Waals surface area contributed by atoms with E-state index in [1.54, 1.807) is 14.5 Å². The Morgan fingerprint density at radius 2 is 1.68 bits per heavy atom. The van der Waals surface area contributed by atoms with Crippen LogP contribution in [0.3, 0.4) is 0 Å². The molecule has 1 aromatic heterocycles. The van der Waals surface area contributed by atoms with Crippen LogP contribution in [0.5, 0.6) is 0 Å². The van der Waals surface area contributed by atoms with E-state index in [1.807, 2.05) is 11.8 Å². The fourth-order valence-corrected chi connectivity index (χ4v) is 6.22. The van der Waals surface area contributed by atoms with Gasteiger partial charge in [-0.05, 0) is 57.2 Å². The van der Waals surface area contributed by atoms with Gasteiger partial charge in [-0.3, -0.25) is 23.9 Å². The summed E-state index contributed by atoms with van der Waals surface area (Å²) in [6, 6.07) is 6.13. The van der Waals surface area contributed by atoms with Gasteiger partial charge in [0.15, 0.2) is 12.3 Å². The van der Waals surface area contributed by atoms with Crippen LogP contribution >= 0.6 is 0 Å². The van der Waals surface area contributed by atoms with Crippen molar-refractivity contribution in [2.75, 3.05) is 57.3 Å². The minimum atomic E-state index is -0.498. The molecule has 2 aliphatic heterocycles. The van der Waals surface area contributed by atoms with Gasteiger partial charge in [-0.2, -0.15) is 5.10 Å². The number of benzene rings is 1. The van der Waals surface area contributed by atoms with Crippen LogP contribution in [0, 0.1) is 13.8 Å². The van der Waals surface area contributed by atoms with Gasteiger partial charge in [0.1, 0.15) is 6.54 Å². The van der Waals surface area contributed by atoms with E-state index >= 15 is 0 Å². The maximum Gasteiger partial charge on any atom is 0.303 e. The second kappa shape index (κ2) is 11.9. The number of hydrogen-bond acceptors (Lipinski definition) is 7. The van der Waals surface area contributed by atoms with E-state index in [2.05, 4.69) is 42.0 Å². The van der Waals surface area contributed by atoms with Gasteiger partial charge in [0.05, 0.1) is 0 Å². The summed E-state index contributed by atoms with van der Waals surface area (Å²) in [4.78, 5) is 58.1. The van der Waals surface area contributed by atoms with E-state index in [1.165, 1.54) is 23.7 Å². The van der Waals surface area contributed by atoms with Crippen LogP contribution in [-0.2, 0) is 38.5 Å². The summed E-state index contributed by atoms with van der Waals surface area (Å²) in [6.07, 6.45) is 2.51. The van der Waals surface area contributed by atoms with E-state index in [0.29, 0.717) is 38.4 Å². The Hall–Kier alpha value is -3.89. The van der Waals surface area contributed by atoms with Gasteiger partial charge in [-0.25, -0.2) is 0 Å². The number of carbonyl (C=O) groups is 4. The summed E-state index contributed by atoms with van der Waals surface area (Å²) in [7, 11) is 0. The monoisotopic (exact) mass is 564 g/mol. The predicted molar refractivity (Wildman–Crippen MR) is 153 cm³/mol. The molecule has 1 atom stereocenters. The molecule has 0 bridgehead atoms. The van der Waals surface area contributed by atoms with Crippen molar-refractivity contribution in [3.8, 4) is 0 Å². The van der Waals surface area contributed by atoms with E-state index < -0.39 is 5.97 Å². The molecule has 0 saturated carbocycles. The highest BCUT2D eigenvalue weighted by molar-refractivity contribution is 5.94.